The maximum absolute atomic E-state index is 13.6. The van der Waals surface area contributed by atoms with Gasteiger partial charge in [0.1, 0.15) is 0 Å². The predicted octanol–water partition coefficient (Wildman–Crippen LogP) is 3.65. The number of nitrogens with one attached hydrogen (secondary N) is 1. The summed E-state index contributed by atoms with van der Waals surface area (Å²) in [6.45, 7) is 4.97. The maximum atomic E-state index is 13.6. The van der Waals surface area contributed by atoms with Gasteiger partial charge in [0.2, 0.25) is 0 Å². The Morgan fingerprint density at radius 1 is 1.28 bits per heavy atom. The van der Waals surface area contributed by atoms with E-state index in [1.54, 1.807) is 12.1 Å². The van der Waals surface area contributed by atoms with Crippen LogP contribution in [-0.2, 0) is 12.3 Å². The van der Waals surface area contributed by atoms with E-state index >= 15 is 0 Å². The molecule has 0 unspecified atom stereocenters. The molecule has 0 bridgehead atoms. The molecule has 2 rings (SSSR count). The molecular formula is C15H21F2N. The first kappa shape index (κ1) is 13.5. The second-order valence-electron chi connectivity index (χ2n) is 5.45. The molecule has 1 aliphatic heterocycles. The topological polar surface area (TPSA) is 12.0 Å². The zero-order valence-corrected chi connectivity index (χ0v) is 11.1. The third-order valence-corrected chi connectivity index (χ3v) is 3.70. The van der Waals surface area contributed by atoms with Gasteiger partial charge in [0.05, 0.1) is 0 Å². The van der Waals surface area contributed by atoms with Gasteiger partial charge in [0.15, 0.2) is 0 Å². The summed E-state index contributed by atoms with van der Waals surface area (Å²) in [6, 6.07) is 5.29. The summed E-state index contributed by atoms with van der Waals surface area (Å²) < 4.78 is 27.2. The van der Waals surface area contributed by atoms with Crippen LogP contribution in [0, 0.1) is 12.8 Å². The van der Waals surface area contributed by atoms with Gasteiger partial charge < -0.3 is 5.32 Å². The van der Waals surface area contributed by atoms with Crippen LogP contribution >= 0.6 is 0 Å². The molecule has 1 N–H and O–H groups in total. The minimum Gasteiger partial charge on any atom is -0.317 e. The van der Waals surface area contributed by atoms with Crippen LogP contribution in [0.4, 0.5) is 8.78 Å². The molecule has 1 heterocycles. The summed E-state index contributed by atoms with van der Waals surface area (Å²) in [5.41, 5.74) is 2.09. The number of rotatable bonds is 3. The molecule has 0 spiro atoms. The van der Waals surface area contributed by atoms with Crippen LogP contribution in [0.2, 0.25) is 0 Å². The van der Waals surface area contributed by atoms with Crippen LogP contribution in [-0.4, -0.2) is 13.1 Å². The molecule has 0 saturated carbocycles. The Labute approximate surface area is 108 Å². The van der Waals surface area contributed by atoms with Gasteiger partial charge in [0, 0.05) is 12.5 Å². The van der Waals surface area contributed by atoms with Gasteiger partial charge in [-0.1, -0.05) is 23.8 Å². The Balaban J connectivity index is 2.21. The van der Waals surface area contributed by atoms with E-state index in [-0.39, 0.29) is 5.56 Å². The minimum atomic E-state index is -2.74. The van der Waals surface area contributed by atoms with E-state index in [4.69, 9.17) is 0 Å². The molecule has 1 aromatic carbocycles. The molecule has 0 atom stereocenters. The Morgan fingerprint density at radius 3 is 2.56 bits per heavy atom. The van der Waals surface area contributed by atoms with Crippen molar-refractivity contribution in [3.8, 4) is 0 Å². The molecule has 1 nitrogen and oxygen atoms in total. The highest BCUT2D eigenvalue weighted by atomic mass is 19.3. The monoisotopic (exact) mass is 253 g/mol. The van der Waals surface area contributed by atoms with E-state index < -0.39 is 5.92 Å². The van der Waals surface area contributed by atoms with E-state index in [0.29, 0.717) is 5.92 Å². The number of benzene rings is 1. The zero-order chi connectivity index (χ0) is 13.2. The van der Waals surface area contributed by atoms with E-state index in [9.17, 15) is 8.78 Å². The first-order valence-corrected chi connectivity index (χ1v) is 6.65. The third kappa shape index (κ3) is 3.29. The normalized spacial score (nSPS) is 18.0. The predicted molar refractivity (Wildman–Crippen MR) is 70.0 cm³/mol. The van der Waals surface area contributed by atoms with Crippen molar-refractivity contribution in [2.24, 2.45) is 5.92 Å². The fourth-order valence-corrected chi connectivity index (χ4v) is 2.72. The quantitative estimate of drug-likeness (QED) is 0.867. The molecule has 1 aliphatic rings. The minimum absolute atomic E-state index is 0.201. The molecule has 0 aliphatic carbocycles. The number of piperidine rings is 1. The lowest BCUT2D eigenvalue weighted by molar-refractivity contribution is 0.0163. The maximum Gasteiger partial charge on any atom is 0.270 e. The molecule has 0 radical (unpaired) electrons. The van der Waals surface area contributed by atoms with Crippen molar-refractivity contribution in [2.45, 2.75) is 39.0 Å². The summed E-state index contributed by atoms with van der Waals surface area (Å²) in [5.74, 6) is -2.20. The number of aryl methyl sites for hydroxylation is 1. The lowest BCUT2D eigenvalue weighted by atomic mass is 9.87. The van der Waals surface area contributed by atoms with E-state index in [0.717, 1.165) is 50.4 Å². The standard InChI is InChI=1S/C15H21F2N/c1-11-3-4-14(15(2,16)17)13(9-11)10-12-5-7-18-8-6-12/h3-4,9,12,18H,5-8,10H2,1-2H3. The molecule has 1 fully saturated rings. The Bertz CT molecular complexity index is 403. The third-order valence-electron chi connectivity index (χ3n) is 3.70. The van der Waals surface area contributed by atoms with Crippen molar-refractivity contribution in [3.63, 3.8) is 0 Å². The Hall–Kier alpha value is -0.960. The SMILES string of the molecule is Cc1ccc(C(C)(F)F)c(CC2CCNCC2)c1. The van der Waals surface area contributed by atoms with Crippen LogP contribution in [0.3, 0.4) is 0 Å². The molecule has 100 valence electrons. The van der Waals surface area contributed by atoms with Crippen molar-refractivity contribution in [1.82, 2.24) is 5.32 Å². The van der Waals surface area contributed by atoms with Gasteiger partial charge in [-0.05, 0) is 50.8 Å². The molecule has 18 heavy (non-hydrogen) atoms. The second kappa shape index (κ2) is 5.35. The molecule has 3 heteroatoms. The van der Waals surface area contributed by atoms with Crippen molar-refractivity contribution < 1.29 is 8.78 Å². The largest absolute Gasteiger partial charge is 0.317 e. The van der Waals surface area contributed by atoms with E-state index in [1.165, 1.54) is 0 Å². The van der Waals surface area contributed by atoms with Crippen molar-refractivity contribution in [2.75, 3.05) is 13.1 Å². The van der Waals surface area contributed by atoms with Gasteiger partial charge in [-0.3, -0.25) is 0 Å². The van der Waals surface area contributed by atoms with Crippen LogP contribution in [0.1, 0.15) is 36.5 Å². The first-order chi connectivity index (χ1) is 8.47. The summed E-state index contributed by atoms with van der Waals surface area (Å²) >= 11 is 0. The zero-order valence-electron chi connectivity index (χ0n) is 11.1. The molecule has 1 aromatic rings. The van der Waals surface area contributed by atoms with Crippen molar-refractivity contribution >= 4 is 0 Å². The average molecular weight is 253 g/mol. The lowest BCUT2D eigenvalue weighted by Gasteiger charge is -2.25. The Morgan fingerprint density at radius 2 is 1.94 bits per heavy atom. The van der Waals surface area contributed by atoms with Crippen molar-refractivity contribution in [1.29, 1.82) is 0 Å². The fourth-order valence-electron chi connectivity index (χ4n) is 2.72. The number of hydrogen-bond donors (Lipinski definition) is 1. The summed E-state index contributed by atoms with van der Waals surface area (Å²) in [5, 5.41) is 3.31. The Kier molecular flexibility index (Phi) is 4.00. The first-order valence-electron chi connectivity index (χ1n) is 6.65. The fraction of sp³-hybridized carbons (Fsp3) is 0.600. The van der Waals surface area contributed by atoms with Gasteiger partial charge in [-0.25, -0.2) is 8.78 Å². The van der Waals surface area contributed by atoms with E-state index in [2.05, 4.69) is 5.32 Å². The van der Waals surface area contributed by atoms with Crippen LogP contribution in [0.25, 0.3) is 0 Å². The molecule has 0 amide bonds. The van der Waals surface area contributed by atoms with Gasteiger partial charge in [-0.2, -0.15) is 0 Å². The summed E-state index contributed by atoms with van der Waals surface area (Å²) in [7, 11) is 0. The highest BCUT2D eigenvalue weighted by Gasteiger charge is 2.28. The van der Waals surface area contributed by atoms with Gasteiger partial charge in [-0.15, -0.1) is 0 Å². The van der Waals surface area contributed by atoms with Crippen molar-refractivity contribution in [3.05, 3.63) is 34.9 Å². The summed E-state index contributed by atoms with van der Waals surface area (Å²) in [4.78, 5) is 0. The number of hydrogen-bond acceptors (Lipinski definition) is 1. The number of alkyl halides is 2. The smallest absolute Gasteiger partial charge is 0.270 e. The highest BCUT2D eigenvalue weighted by Crippen LogP contribution is 2.32. The van der Waals surface area contributed by atoms with E-state index in [1.807, 2.05) is 13.0 Å². The molecule has 0 aromatic heterocycles. The highest BCUT2D eigenvalue weighted by molar-refractivity contribution is 5.34. The van der Waals surface area contributed by atoms with Gasteiger partial charge in [0.25, 0.3) is 5.92 Å². The lowest BCUT2D eigenvalue weighted by Crippen LogP contribution is -2.29. The van der Waals surface area contributed by atoms with Gasteiger partial charge >= 0.3 is 0 Å². The van der Waals surface area contributed by atoms with Crippen LogP contribution in [0.5, 0.6) is 0 Å². The average Bonchev–Trinajstić information content (AvgIpc) is 2.28. The summed E-state index contributed by atoms with van der Waals surface area (Å²) in [6.07, 6.45) is 2.95. The number of halogens is 2. The van der Waals surface area contributed by atoms with Crippen LogP contribution in [0.15, 0.2) is 18.2 Å². The second-order valence-corrected chi connectivity index (χ2v) is 5.45. The molecule has 1 saturated heterocycles. The molecular weight excluding hydrogens is 232 g/mol. The van der Waals surface area contributed by atoms with Crippen LogP contribution < -0.4 is 5.32 Å².